The van der Waals surface area contributed by atoms with Gasteiger partial charge in [0.05, 0.1) is 23.8 Å². The van der Waals surface area contributed by atoms with Crippen LogP contribution in [-0.4, -0.2) is 21.9 Å². The van der Waals surface area contributed by atoms with Crippen molar-refractivity contribution in [2.45, 2.75) is 32.6 Å². The zero-order valence-corrected chi connectivity index (χ0v) is 15.4. The summed E-state index contributed by atoms with van der Waals surface area (Å²) in [6.07, 6.45) is 13.2. The molecule has 0 bridgehead atoms. The van der Waals surface area contributed by atoms with Crippen LogP contribution in [0.15, 0.2) is 82.3 Å². The first-order chi connectivity index (χ1) is 13.2. The van der Waals surface area contributed by atoms with Crippen molar-refractivity contribution < 1.29 is 4.74 Å². The molecule has 0 saturated carbocycles. The molecule has 1 aliphatic carbocycles. The van der Waals surface area contributed by atoms with E-state index < -0.39 is 0 Å². The highest BCUT2D eigenvalue weighted by Crippen LogP contribution is 2.27. The second-order valence-corrected chi connectivity index (χ2v) is 6.76. The summed E-state index contributed by atoms with van der Waals surface area (Å²) in [4.78, 5) is 8.56. The molecule has 0 N–H and O–H groups in total. The third-order valence-electron chi connectivity index (χ3n) is 4.86. The van der Waals surface area contributed by atoms with Gasteiger partial charge in [0.1, 0.15) is 12.1 Å². The molecule has 0 atom stereocenters. The summed E-state index contributed by atoms with van der Waals surface area (Å²) >= 11 is 0. The molecule has 2 aromatic heterocycles. The summed E-state index contributed by atoms with van der Waals surface area (Å²) in [7, 11) is 0. The van der Waals surface area contributed by atoms with E-state index in [1.807, 2.05) is 41.1 Å². The van der Waals surface area contributed by atoms with Crippen LogP contribution in [0.5, 0.6) is 0 Å². The number of fused-ring (bicyclic) bond motifs is 1. The average Bonchev–Trinajstić information content (AvgIpc) is 3.24. The van der Waals surface area contributed by atoms with Gasteiger partial charge >= 0.3 is 0 Å². The van der Waals surface area contributed by atoms with E-state index in [2.05, 4.69) is 34.7 Å². The molecule has 0 fully saturated rings. The zero-order chi connectivity index (χ0) is 18.6. The van der Waals surface area contributed by atoms with Crippen molar-refractivity contribution in [2.24, 2.45) is 9.98 Å². The highest BCUT2D eigenvalue weighted by molar-refractivity contribution is 5.94. The van der Waals surface area contributed by atoms with E-state index in [1.165, 1.54) is 30.3 Å². The lowest BCUT2D eigenvalue weighted by atomic mass is 10.1. The Morgan fingerprint density at radius 1 is 1.26 bits per heavy atom. The van der Waals surface area contributed by atoms with Gasteiger partial charge in [0, 0.05) is 11.8 Å². The van der Waals surface area contributed by atoms with Gasteiger partial charge in [-0.05, 0) is 56.0 Å². The van der Waals surface area contributed by atoms with Crippen LogP contribution in [0.4, 0.5) is 0 Å². The highest BCUT2D eigenvalue weighted by atomic mass is 16.5. The number of hydrogen-bond donors (Lipinski definition) is 0. The molecular weight excluding hydrogens is 336 g/mol. The summed E-state index contributed by atoms with van der Waals surface area (Å²) in [5.41, 5.74) is 5.84. The van der Waals surface area contributed by atoms with Crippen molar-refractivity contribution in [3.8, 4) is 0 Å². The average molecular weight is 358 g/mol. The number of pyridine rings is 1. The molecule has 0 saturated heterocycles. The Labute approximate surface area is 158 Å². The fraction of sp³-hybridized carbons (Fsp3) is 0.227. The van der Waals surface area contributed by atoms with Crippen LogP contribution >= 0.6 is 0 Å². The smallest absolute Gasteiger partial charge is 0.200 e. The van der Waals surface area contributed by atoms with Gasteiger partial charge in [0.25, 0.3) is 0 Å². The lowest BCUT2D eigenvalue weighted by Gasteiger charge is -2.11. The Kier molecular flexibility index (Phi) is 4.83. The topological polar surface area (TPSA) is 51.2 Å². The van der Waals surface area contributed by atoms with Gasteiger partial charge in [0.2, 0.25) is 5.90 Å². The second-order valence-electron chi connectivity index (χ2n) is 6.76. The summed E-state index contributed by atoms with van der Waals surface area (Å²) in [6, 6.07) is 8.03. The minimum atomic E-state index is 0.521. The molecule has 1 aliphatic heterocycles. The number of aliphatic imine (C=N–C) groups is 2. The van der Waals surface area contributed by atoms with E-state index in [9.17, 15) is 0 Å². The maximum Gasteiger partial charge on any atom is 0.200 e. The predicted octanol–water partition coefficient (Wildman–Crippen LogP) is 5.09. The zero-order valence-electron chi connectivity index (χ0n) is 15.4. The number of hydrogen-bond acceptors (Lipinski definition) is 4. The number of ether oxygens (including phenoxy) is 1. The number of nitrogens with zero attached hydrogens (tertiary/aromatic N) is 4. The molecule has 5 nitrogen and oxygen atoms in total. The third kappa shape index (κ3) is 3.82. The van der Waals surface area contributed by atoms with Crippen molar-refractivity contribution >= 4 is 23.3 Å². The van der Waals surface area contributed by atoms with Crippen molar-refractivity contribution in [1.82, 2.24) is 9.61 Å². The molecule has 5 heteroatoms. The molecule has 27 heavy (non-hydrogen) atoms. The SMILES string of the molecule is C=C(/C=C\C1=C(C)CCC1)OC1=NC=NC=C(c2cccc3ccnn23)C1. The molecule has 2 aliphatic rings. The van der Waals surface area contributed by atoms with Gasteiger partial charge in [-0.2, -0.15) is 5.10 Å². The molecule has 0 radical (unpaired) electrons. The van der Waals surface area contributed by atoms with Crippen LogP contribution in [0, 0.1) is 0 Å². The Balaban J connectivity index is 1.49. The lowest BCUT2D eigenvalue weighted by Crippen LogP contribution is -2.07. The molecular formula is C22H22N4O. The summed E-state index contributed by atoms with van der Waals surface area (Å²) < 4.78 is 7.79. The maximum atomic E-state index is 5.90. The predicted molar refractivity (Wildman–Crippen MR) is 110 cm³/mol. The normalized spacial score (nSPS) is 17.4. The first-order valence-corrected chi connectivity index (χ1v) is 9.15. The van der Waals surface area contributed by atoms with E-state index in [1.54, 1.807) is 6.20 Å². The quantitative estimate of drug-likeness (QED) is 0.564. The second kappa shape index (κ2) is 7.58. The third-order valence-corrected chi connectivity index (χ3v) is 4.86. The van der Waals surface area contributed by atoms with Crippen LogP contribution in [0.2, 0.25) is 0 Å². The Hall–Kier alpha value is -3.21. The first kappa shape index (κ1) is 17.2. The molecule has 0 amide bonds. The molecule has 0 unspecified atom stereocenters. The maximum absolute atomic E-state index is 5.90. The fourth-order valence-electron chi connectivity index (χ4n) is 3.41. The van der Waals surface area contributed by atoms with Gasteiger partial charge in [-0.1, -0.05) is 24.3 Å². The summed E-state index contributed by atoms with van der Waals surface area (Å²) in [5, 5.41) is 4.40. The van der Waals surface area contributed by atoms with Crippen LogP contribution in [0.25, 0.3) is 11.1 Å². The molecule has 2 aromatic rings. The van der Waals surface area contributed by atoms with E-state index in [0.29, 0.717) is 18.1 Å². The van der Waals surface area contributed by atoms with Crippen LogP contribution in [-0.2, 0) is 4.74 Å². The fourth-order valence-corrected chi connectivity index (χ4v) is 3.41. The van der Waals surface area contributed by atoms with E-state index in [0.717, 1.165) is 23.2 Å². The van der Waals surface area contributed by atoms with Crippen molar-refractivity contribution in [2.75, 3.05) is 0 Å². The van der Waals surface area contributed by atoms with E-state index >= 15 is 0 Å². The van der Waals surface area contributed by atoms with Crippen LogP contribution in [0.1, 0.15) is 38.3 Å². The van der Waals surface area contributed by atoms with Crippen LogP contribution < -0.4 is 0 Å². The minimum absolute atomic E-state index is 0.521. The van der Waals surface area contributed by atoms with Crippen molar-refractivity contribution in [1.29, 1.82) is 0 Å². The molecule has 0 aromatic carbocycles. The number of allylic oxidation sites excluding steroid dienone is 4. The van der Waals surface area contributed by atoms with Gasteiger partial charge < -0.3 is 4.74 Å². The largest absolute Gasteiger partial charge is 0.443 e. The standard InChI is InChI=1S/C22H22N4O/c1-16-5-3-6-18(16)10-9-17(2)27-22-13-19(14-23-15-24-22)21-8-4-7-20-11-12-25-26(20)21/h4,7-12,14-15H,2-3,5-6,13H2,1H3/b10-9-. The Morgan fingerprint density at radius 3 is 3.04 bits per heavy atom. The summed E-state index contributed by atoms with van der Waals surface area (Å²) in [5.74, 6) is 1.14. The van der Waals surface area contributed by atoms with Gasteiger partial charge in [-0.3, -0.25) is 0 Å². The van der Waals surface area contributed by atoms with Gasteiger partial charge in [-0.25, -0.2) is 14.5 Å². The number of aromatic nitrogens is 2. The molecule has 3 heterocycles. The van der Waals surface area contributed by atoms with Crippen LogP contribution in [0.3, 0.4) is 0 Å². The van der Waals surface area contributed by atoms with E-state index in [4.69, 9.17) is 4.74 Å². The summed E-state index contributed by atoms with van der Waals surface area (Å²) in [6.45, 7) is 6.20. The highest BCUT2D eigenvalue weighted by Gasteiger charge is 2.14. The monoisotopic (exact) mass is 358 g/mol. The first-order valence-electron chi connectivity index (χ1n) is 9.15. The molecule has 4 rings (SSSR count). The van der Waals surface area contributed by atoms with Gasteiger partial charge in [-0.15, -0.1) is 0 Å². The molecule has 0 spiro atoms. The lowest BCUT2D eigenvalue weighted by molar-refractivity contribution is 0.430. The Morgan fingerprint density at radius 2 is 2.19 bits per heavy atom. The molecule has 136 valence electrons. The number of rotatable bonds is 4. The minimum Gasteiger partial charge on any atom is -0.443 e. The van der Waals surface area contributed by atoms with E-state index in [-0.39, 0.29) is 0 Å². The van der Waals surface area contributed by atoms with Crippen molar-refractivity contribution in [3.05, 3.63) is 78.0 Å². The van der Waals surface area contributed by atoms with Gasteiger partial charge in [0.15, 0.2) is 0 Å². The Bertz CT molecular complexity index is 1030. The van der Waals surface area contributed by atoms with Crippen molar-refractivity contribution in [3.63, 3.8) is 0 Å².